The second-order valence-electron chi connectivity index (χ2n) is 3.75. The van der Waals surface area contributed by atoms with E-state index in [4.69, 9.17) is 5.11 Å². The van der Waals surface area contributed by atoms with Crippen molar-refractivity contribution in [3.63, 3.8) is 0 Å². The molecule has 0 aromatic heterocycles. The number of hydrogen-bond acceptors (Lipinski definition) is 5. The van der Waals surface area contributed by atoms with Crippen LogP contribution in [-0.2, 0) is 4.79 Å². The van der Waals surface area contributed by atoms with E-state index in [0.717, 1.165) is 18.2 Å². The first kappa shape index (κ1) is 15.3. The highest BCUT2D eigenvalue weighted by molar-refractivity contribution is 9.10. The Labute approximate surface area is 116 Å². The van der Waals surface area contributed by atoms with Gasteiger partial charge in [-0.15, -0.1) is 0 Å². The molecule has 0 spiro atoms. The van der Waals surface area contributed by atoms with Crippen molar-refractivity contribution < 1.29 is 24.7 Å². The zero-order valence-corrected chi connectivity index (χ0v) is 11.3. The minimum absolute atomic E-state index is 0.172. The molecule has 1 aromatic carbocycles. The highest BCUT2D eigenvalue weighted by atomic mass is 79.9. The predicted molar refractivity (Wildman–Crippen MR) is 68.4 cm³/mol. The number of carboxylic acids is 1. The summed E-state index contributed by atoms with van der Waals surface area (Å²) in [6, 6.07) is 3.07. The summed E-state index contributed by atoms with van der Waals surface area (Å²) in [4.78, 5) is 32.0. The van der Waals surface area contributed by atoms with Gasteiger partial charge >= 0.3 is 5.97 Å². The van der Waals surface area contributed by atoms with Crippen LogP contribution >= 0.6 is 15.9 Å². The molecule has 0 fully saturated rings. The van der Waals surface area contributed by atoms with Crippen molar-refractivity contribution >= 4 is 33.4 Å². The number of aliphatic hydroxyl groups is 1. The number of nitro benzene ring substituents is 1. The minimum atomic E-state index is -1.91. The van der Waals surface area contributed by atoms with Crippen molar-refractivity contribution in [2.75, 3.05) is 0 Å². The number of ketones is 1. The molecule has 2 atom stereocenters. The molecule has 102 valence electrons. The summed E-state index contributed by atoms with van der Waals surface area (Å²) in [5.74, 6) is -2.08. The van der Waals surface area contributed by atoms with Gasteiger partial charge in [0.15, 0.2) is 11.9 Å². The number of nitro groups is 1. The number of aliphatic carboxylic acids is 1. The summed E-state index contributed by atoms with van der Waals surface area (Å²) in [7, 11) is 0. The maximum Gasteiger partial charge on any atom is 0.337 e. The van der Waals surface area contributed by atoms with Crippen molar-refractivity contribution in [3.05, 3.63) is 39.4 Å². The monoisotopic (exact) mass is 331 g/mol. The lowest BCUT2D eigenvalue weighted by atomic mass is 9.97. The third-order valence-electron chi connectivity index (χ3n) is 2.40. The summed E-state index contributed by atoms with van der Waals surface area (Å²) >= 11 is 3.01. The third kappa shape index (κ3) is 3.36. The lowest BCUT2D eigenvalue weighted by molar-refractivity contribution is -0.384. The number of carbonyl (C=O) groups is 2. The van der Waals surface area contributed by atoms with E-state index in [1.807, 2.05) is 0 Å². The number of aliphatic hydroxyl groups excluding tert-OH is 1. The molecule has 0 aliphatic rings. The van der Waals surface area contributed by atoms with Gasteiger partial charge in [-0.05, 0) is 13.0 Å². The van der Waals surface area contributed by atoms with Gasteiger partial charge in [0.2, 0.25) is 0 Å². The summed E-state index contributed by atoms with van der Waals surface area (Å²) in [5.41, 5.74) is -0.708. The zero-order valence-electron chi connectivity index (χ0n) is 9.74. The Morgan fingerprint density at radius 2 is 2.00 bits per heavy atom. The smallest absolute Gasteiger partial charge is 0.337 e. The van der Waals surface area contributed by atoms with Crippen LogP contribution in [0.5, 0.6) is 0 Å². The molecule has 7 nitrogen and oxygen atoms in total. The Morgan fingerprint density at radius 1 is 1.42 bits per heavy atom. The van der Waals surface area contributed by atoms with Gasteiger partial charge in [0.1, 0.15) is 0 Å². The van der Waals surface area contributed by atoms with Crippen LogP contribution < -0.4 is 0 Å². The molecular weight excluding hydrogens is 322 g/mol. The number of nitrogens with zero attached hydrogens (tertiary/aromatic N) is 1. The topological polar surface area (TPSA) is 118 Å². The summed E-state index contributed by atoms with van der Waals surface area (Å²) in [5, 5.41) is 28.9. The molecule has 8 heteroatoms. The van der Waals surface area contributed by atoms with Crippen molar-refractivity contribution in [1.29, 1.82) is 0 Å². The minimum Gasteiger partial charge on any atom is -0.479 e. The average Bonchev–Trinajstić information content (AvgIpc) is 2.35. The van der Waals surface area contributed by atoms with Crippen LogP contribution in [0.1, 0.15) is 28.9 Å². The molecule has 1 aromatic rings. The Bertz CT molecular complexity index is 542. The van der Waals surface area contributed by atoms with E-state index in [0.29, 0.717) is 0 Å². The van der Waals surface area contributed by atoms with Crippen molar-refractivity contribution in [2.45, 2.75) is 17.9 Å². The van der Waals surface area contributed by atoms with Crippen LogP contribution in [0.15, 0.2) is 18.2 Å². The zero-order chi connectivity index (χ0) is 14.7. The van der Waals surface area contributed by atoms with Crippen LogP contribution in [0.25, 0.3) is 0 Å². The van der Waals surface area contributed by atoms with Crippen LogP contribution in [0, 0.1) is 10.1 Å². The van der Waals surface area contributed by atoms with Crippen LogP contribution in [0.2, 0.25) is 0 Å². The molecular formula is C11H10BrNO6. The Kier molecular flexibility index (Phi) is 4.73. The fourth-order valence-electron chi connectivity index (χ4n) is 1.46. The van der Waals surface area contributed by atoms with Gasteiger partial charge in [-0.2, -0.15) is 0 Å². The van der Waals surface area contributed by atoms with Gasteiger partial charge in [-0.1, -0.05) is 15.9 Å². The molecule has 0 aliphatic carbocycles. The molecule has 0 radical (unpaired) electrons. The summed E-state index contributed by atoms with van der Waals surface area (Å²) in [6.45, 7) is 1.50. The molecule has 1 rings (SSSR count). The molecule has 2 N–H and O–H groups in total. The van der Waals surface area contributed by atoms with Crippen LogP contribution in [-0.4, -0.2) is 31.7 Å². The number of Topliss-reactive ketones (excluding diaryl/α,β-unsaturated/α-hetero) is 1. The third-order valence-corrected chi connectivity index (χ3v) is 2.82. The SMILES string of the molecule is CC(Br)C(=O)c1cc([N+](=O)[O-])ccc1C(O)C(=O)O. The second-order valence-corrected chi connectivity index (χ2v) is 5.12. The number of benzene rings is 1. The van der Waals surface area contributed by atoms with Gasteiger partial charge in [0.05, 0.1) is 9.75 Å². The van der Waals surface area contributed by atoms with Crippen LogP contribution in [0.3, 0.4) is 0 Å². The second kappa shape index (κ2) is 5.89. The fourth-order valence-corrected chi connectivity index (χ4v) is 1.70. The standard InChI is InChI=1S/C11H10BrNO6/c1-5(12)9(14)8-4-6(13(18)19)2-3-7(8)10(15)11(16)17/h2-5,10,15H,1H3,(H,16,17). The van der Waals surface area contributed by atoms with E-state index in [-0.39, 0.29) is 16.8 Å². The van der Waals surface area contributed by atoms with Crippen molar-refractivity contribution in [2.24, 2.45) is 0 Å². The van der Waals surface area contributed by atoms with E-state index >= 15 is 0 Å². The lowest BCUT2D eigenvalue weighted by Crippen LogP contribution is -2.18. The molecule has 19 heavy (non-hydrogen) atoms. The van der Waals surface area contributed by atoms with Gasteiger partial charge < -0.3 is 10.2 Å². The molecule has 0 amide bonds. The molecule has 2 unspecified atom stereocenters. The van der Waals surface area contributed by atoms with Crippen molar-refractivity contribution in [3.8, 4) is 0 Å². The Hall–Kier alpha value is -1.80. The first-order valence-electron chi connectivity index (χ1n) is 5.13. The summed E-state index contributed by atoms with van der Waals surface area (Å²) < 4.78 is 0. The number of rotatable bonds is 5. The number of carboxylic acid groups (broad SMARTS) is 1. The fraction of sp³-hybridized carbons (Fsp3) is 0.273. The normalized spacial score (nSPS) is 13.6. The molecule has 0 aliphatic heterocycles. The van der Waals surface area contributed by atoms with E-state index in [1.165, 1.54) is 6.92 Å². The van der Waals surface area contributed by atoms with Crippen molar-refractivity contribution in [1.82, 2.24) is 0 Å². The average molecular weight is 332 g/mol. The van der Waals surface area contributed by atoms with E-state index in [9.17, 15) is 24.8 Å². The molecule has 0 saturated carbocycles. The van der Waals surface area contributed by atoms with Gasteiger partial charge in [-0.3, -0.25) is 14.9 Å². The van der Waals surface area contributed by atoms with Crippen LogP contribution in [0.4, 0.5) is 5.69 Å². The largest absolute Gasteiger partial charge is 0.479 e. The maximum absolute atomic E-state index is 11.9. The van der Waals surface area contributed by atoms with Gasteiger partial charge in [0.25, 0.3) is 5.69 Å². The van der Waals surface area contributed by atoms with E-state index < -0.39 is 27.6 Å². The summed E-state index contributed by atoms with van der Waals surface area (Å²) in [6.07, 6.45) is -1.91. The number of hydrogen-bond donors (Lipinski definition) is 2. The highest BCUT2D eigenvalue weighted by Gasteiger charge is 2.26. The quantitative estimate of drug-likeness (QED) is 0.367. The highest BCUT2D eigenvalue weighted by Crippen LogP contribution is 2.26. The lowest BCUT2D eigenvalue weighted by Gasteiger charge is -2.12. The van der Waals surface area contributed by atoms with Gasteiger partial charge in [0, 0.05) is 23.3 Å². The molecule has 0 heterocycles. The Morgan fingerprint density at radius 3 is 2.42 bits per heavy atom. The molecule has 0 bridgehead atoms. The van der Waals surface area contributed by atoms with E-state index in [1.54, 1.807) is 0 Å². The van der Waals surface area contributed by atoms with E-state index in [2.05, 4.69) is 15.9 Å². The number of non-ortho nitro benzene ring substituents is 1. The number of halogens is 1. The molecule has 0 saturated heterocycles. The van der Waals surface area contributed by atoms with Gasteiger partial charge in [-0.25, -0.2) is 4.79 Å². The first-order valence-corrected chi connectivity index (χ1v) is 6.04. The number of carbonyl (C=O) groups excluding carboxylic acids is 1. The first-order chi connectivity index (χ1) is 8.75. The Balaban J connectivity index is 3.42. The predicted octanol–water partition coefficient (Wildman–Crippen LogP) is 1.68. The number of alkyl halides is 1. The maximum atomic E-state index is 11.9.